The first-order valence-corrected chi connectivity index (χ1v) is 10.1. The van der Waals surface area contributed by atoms with E-state index in [0.29, 0.717) is 12.3 Å². The number of amides is 1. The summed E-state index contributed by atoms with van der Waals surface area (Å²) in [6.07, 6.45) is 7.69. The highest BCUT2D eigenvalue weighted by Gasteiger charge is 2.28. The Morgan fingerprint density at radius 3 is 2.73 bits per heavy atom. The van der Waals surface area contributed by atoms with Crippen molar-refractivity contribution >= 4 is 11.6 Å². The third kappa shape index (κ3) is 4.50. The van der Waals surface area contributed by atoms with Crippen molar-refractivity contribution in [2.24, 2.45) is 5.92 Å². The molecule has 2 heterocycles. The number of likely N-dealkylation sites (tertiary alicyclic amines) is 1. The number of nitrogens with zero attached hydrogens (tertiary/aromatic N) is 2. The molecule has 1 aromatic rings. The van der Waals surface area contributed by atoms with Gasteiger partial charge in [-0.15, -0.1) is 0 Å². The van der Waals surface area contributed by atoms with Gasteiger partial charge >= 0.3 is 0 Å². The fourth-order valence-electron chi connectivity index (χ4n) is 4.07. The van der Waals surface area contributed by atoms with Crippen LogP contribution < -0.4 is 14.4 Å². The summed E-state index contributed by atoms with van der Waals surface area (Å²) in [4.78, 5) is 16.8. The van der Waals surface area contributed by atoms with Gasteiger partial charge < -0.3 is 19.3 Å². The molecule has 0 aliphatic carbocycles. The van der Waals surface area contributed by atoms with Crippen molar-refractivity contribution in [2.75, 3.05) is 44.8 Å². The molecule has 1 amide bonds. The van der Waals surface area contributed by atoms with Crippen LogP contribution in [0.15, 0.2) is 18.2 Å². The van der Waals surface area contributed by atoms with Crippen molar-refractivity contribution in [1.82, 2.24) is 4.90 Å². The minimum absolute atomic E-state index is 0.0141. The van der Waals surface area contributed by atoms with Crippen LogP contribution in [-0.4, -0.2) is 50.7 Å². The Balaban J connectivity index is 1.51. The Labute approximate surface area is 157 Å². The van der Waals surface area contributed by atoms with Gasteiger partial charge in [-0.3, -0.25) is 4.79 Å². The normalized spacial score (nSPS) is 18.5. The van der Waals surface area contributed by atoms with Gasteiger partial charge in [0.2, 0.25) is 0 Å². The zero-order chi connectivity index (χ0) is 18.4. The fraction of sp³-hybridized carbons (Fsp3) is 0.667. The van der Waals surface area contributed by atoms with Crippen LogP contribution in [0.5, 0.6) is 11.5 Å². The molecule has 0 saturated carbocycles. The smallest absolute Gasteiger partial charge is 0.265 e. The number of anilines is 1. The third-order valence-electron chi connectivity index (χ3n) is 5.63. The van der Waals surface area contributed by atoms with Gasteiger partial charge in [-0.2, -0.15) is 0 Å². The number of piperidine rings is 1. The Bertz CT molecular complexity index is 583. The Morgan fingerprint density at radius 2 is 2.00 bits per heavy atom. The number of hydrogen-bond donors (Lipinski definition) is 0. The highest BCUT2D eigenvalue weighted by molar-refractivity contribution is 5.99. The van der Waals surface area contributed by atoms with Crippen LogP contribution in [0.4, 0.5) is 5.69 Å². The summed E-state index contributed by atoms with van der Waals surface area (Å²) in [7, 11) is 1.63. The zero-order valence-electron chi connectivity index (χ0n) is 16.2. The van der Waals surface area contributed by atoms with Crippen LogP contribution in [0.2, 0.25) is 0 Å². The second kappa shape index (κ2) is 9.26. The lowest BCUT2D eigenvalue weighted by molar-refractivity contribution is -0.121. The number of methoxy groups -OCH3 is 1. The molecule has 0 N–H and O–H groups in total. The van der Waals surface area contributed by atoms with Crippen molar-refractivity contribution in [3.8, 4) is 11.5 Å². The molecule has 144 valence electrons. The minimum Gasteiger partial charge on any atom is -0.494 e. The molecule has 2 aliphatic rings. The molecule has 5 nitrogen and oxygen atoms in total. The second-order valence-corrected chi connectivity index (χ2v) is 7.42. The molecule has 0 atom stereocenters. The van der Waals surface area contributed by atoms with Crippen LogP contribution in [0.3, 0.4) is 0 Å². The first-order valence-electron chi connectivity index (χ1n) is 10.1. The lowest BCUT2D eigenvalue weighted by atomic mass is 9.91. The fourth-order valence-corrected chi connectivity index (χ4v) is 4.07. The lowest BCUT2D eigenvalue weighted by Crippen LogP contribution is -2.41. The van der Waals surface area contributed by atoms with E-state index in [9.17, 15) is 4.79 Å². The summed E-state index contributed by atoms with van der Waals surface area (Å²) in [6.45, 7) is 6.55. The zero-order valence-corrected chi connectivity index (χ0v) is 16.2. The third-order valence-corrected chi connectivity index (χ3v) is 5.63. The van der Waals surface area contributed by atoms with Gasteiger partial charge in [0.15, 0.2) is 6.61 Å². The van der Waals surface area contributed by atoms with Gasteiger partial charge in [-0.1, -0.05) is 32.3 Å². The maximum Gasteiger partial charge on any atom is 0.265 e. The van der Waals surface area contributed by atoms with Gasteiger partial charge in [-0.25, -0.2) is 0 Å². The maximum atomic E-state index is 12.4. The molecule has 1 aromatic carbocycles. The highest BCUT2D eigenvalue weighted by Crippen LogP contribution is 2.40. The molecule has 0 unspecified atom stereocenters. The molecule has 0 aromatic heterocycles. The van der Waals surface area contributed by atoms with Crippen molar-refractivity contribution < 1.29 is 14.3 Å². The van der Waals surface area contributed by atoms with Crippen LogP contribution in [-0.2, 0) is 4.79 Å². The maximum absolute atomic E-state index is 12.4. The molecule has 0 bridgehead atoms. The predicted octanol–water partition coefficient (Wildman–Crippen LogP) is 3.71. The van der Waals surface area contributed by atoms with Crippen LogP contribution in [0, 0.1) is 5.92 Å². The Morgan fingerprint density at radius 1 is 1.19 bits per heavy atom. The standard InChI is InChI=1S/C21H32N2O3/c1-3-4-7-17-10-14-22(15-11-17)12-6-13-23-20(24)16-26-19-9-5-8-18(25-2)21(19)23/h5,8-9,17H,3-4,6-7,10-16H2,1-2H3. The first kappa shape index (κ1) is 19.0. The molecule has 5 heteroatoms. The van der Waals surface area contributed by atoms with E-state index in [1.807, 2.05) is 23.1 Å². The molecule has 0 radical (unpaired) electrons. The molecule has 3 rings (SSSR count). The quantitative estimate of drug-likeness (QED) is 0.709. The molecule has 2 aliphatic heterocycles. The summed E-state index contributed by atoms with van der Waals surface area (Å²) in [6, 6.07) is 5.68. The van der Waals surface area contributed by atoms with E-state index in [4.69, 9.17) is 9.47 Å². The molecule has 26 heavy (non-hydrogen) atoms. The average molecular weight is 360 g/mol. The van der Waals surface area contributed by atoms with E-state index >= 15 is 0 Å². The Hall–Kier alpha value is -1.75. The minimum atomic E-state index is 0.0141. The number of carbonyl (C=O) groups excluding carboxylic acids is 1. The number of ether oxygens (including phenoxy) is 2. The monoisotopic (exact) mass is 360 g/mol. The molecular weight excluding hydrogens is 328 g/mol. The van der Waals surface area contributed by atoms with Crippen molar-refractivity contribution in [2.45, 2.75) is 45.4 Å². The van der Waals surface area contributed by atoms with E-state index < -0.39 is 0 Å². The van der Waals surface area contributed by atoms with Gasteiger partial charge in [0.1, 0.15) is 17.2 Å². The average Bonchev–Trinajstić information content (AvgIpc) is 2.68. The van der Waals surface area contributed by atoms with Crippen LogP contribution >= 0.6 is 0 Å². The number of hydrogen-bond acceptors (Lipinski definition) is 4. The SMILES string of the molecule is CCCCC1CCN(CCCN2C(=O)COc3cccc(OC)c32)CC1. The summed E-state index contributed by atoms with van der Waals surface area (Å²) in [5.41, 5.74) is 0.782. The molecular formula is C21H32N2O3. The van der Waals surface area contributed by atoms with Crippen LogP contribution in [0.1, 0.15) is 45.4 Å². The molecule has 0 spiro atoms. The van der Waals surface area contributed by atoms with E-state index in [1.54, 1.807) is 7.11 Å². The van der Waals surface area contributed by atoms with Gasteiger partial charge in [0, 0.05) is 6.54 Å². The number of para-hydroxylation sites is 1. The number of unbranched alkanes of at least 4 members (excludes halogenated alkanes) is 1. The van der Waals surface area contributed by atoms with Gasteiger partial charge in [-0.05, 0) is 56.9 Å². The largest absolute Gasteiger partial charge is 0.494 e. The van der Waals surface area contributed by atoms with Crippen molar-refractivity contribution in [3.05, 3.63) is 18.2 Å². The number of benzene rings is 1. The first-order chi connectivity index (χ1) is 12.7. The van der Waals surface area contributed by atoms with Crippen molar-refractivity contribution in [1.29, 1.82) is 0 Å². The Kier molecular flexibility index (Phi) is 6.78. The summed E-state index contributed by atoms with van der Waals surface area (Å²) < 4.78 is 11.0. The number of carbonyl (C=O) groups is 1. The van der Waals surface area contributed by atoms with Crippen molar-refractivity contribution in [3.63, 3.8) is 0 Å². The van der Waals surface area contributed by atoms with E-state index in [-0.39, 0.29) is 12.5 Å². The number of rotatable bonds is 8. The van der Waals surface area contributed by atoms with E-state index in [1.165, 1.54) is 45.2 Å². The lowest BCUT2D eigenvalue weighted by Gasteiger charge is -2.34. The van der Waals surface area contributed by atoms with E-state index in [2.05, 4.69) is 11.8 Å². The van der Waals surface area contributed by atoms with E-state index in [0.717, 1.165) is 30.3 Å². The summed E-state index contributed by atoms with van der Waals surface area (Å²) in [5.74, 6) is 2.37. The molecule has 1 saturated heterocycles. The topological polar surface area (TPSA) is 42.0 Å². The molecule has 1 fully saturated rings. The highest BCUT2D eigenvalue weighted by atomic mass is 16.5. The number of fused-ring (bicyclic) bond motifs is 1. The summed E-state index contributed by atoms with van der Waals surface area (Å²) in [5, 5.41) is 0. The van der Waals surface area contributed by atoms with Crippen LogP contribution in [0.25, 0.3) is 0 Å². The van der Waals surface area contributed by atoms with Gasteiger partial charge in [0.25, 0.3) is 5.91 Å². The second-order valence-electron chi connectivity index (χ2n) is 7.42. The summed E-state index contributed by atoms with van der Waals surface area (Å²) >= 11 is 0. The predicted molar refractivity (Wildman–Crippen MR) is 104 cm³/mol. The van der Waals surface area contributed by atoms with Gasteiger partial charge in [0.05, 0.1) is 7.11 Å².